The van der Waals surface area contributed by atoms with Gasteiger partial charge in [-0.05, 0) is 32.4 Å². The maximum Gasteiger partial charge on any atom is 0.599 e. The fourth-order valence-corrected chi connectivity index (χ4v) is 2.84. The van der Waals surface area contributed by atoms with Gasteiger partial charge in [-0.15, -0.1) is 0 Å². The van der Waals surface area contributed by atoms with E-state index in [0.29, 0.717) is 5.92 Å². The molecule has 3 atom stereocenters. The van der Waals surface area contributed by atoms with E-state index in [9.17, 15) is 0 Å². The summed E-state index contributed by atoms with van der Waals surface area (Å²) in [5.41, 5.74) is -0.274. The third kappa shape index (κ3) is 4.13. The molecule has 0 amide bonds. The Bertz CT molecular complexity index is 589. The average Bonchev–Trinajstić information content (AvgIpc) is 2.96. The number of allylic oxidation sites excluding steroid dienone is 2. The Morgan fingerprint density at radius 2 is 1.83 bits per heavy atom. The van der Waals surface area contributed by atoms with Gasteiger partial charge in [0.15, 0.2) is 0 Å². The molecule has 0 aromatic heterocycles. The predicted octanol–water partition coefficient (Wildman–Crippen LogP) is 5.36. The summed E-state index contributed by atoms with van der Waals surface area (Å²) >= 11 is 0. The Labute approximate surface area is 141 Å². The largest absolute Gasteiger partial charge is 0.599 e. The Hall–Kier alpha value is -1.82. The molecule has 122 valence electrons. The van der Waals surface area contributed by atoms with Crippen molar-refractivity contribution in [2.45, 2.75) is 53.3 Å². The van der Waals surface area contributed by atoms with E-state index in [4.69, 9.17) is 9.31 Å². The summed E-state index contributed by atoms with van der Waals surface area (Å²) in [6.45, 7) is 10.7. The van der Waals surface area contributed by atoms with Crippen molar-refractivity contribution in [3.63, 3.8) is 0 Å². The molecule has 1 aliphatic rings. The molecule has 1 aromatic rings. The van der Waals surface area contributed by atoms with Gasteiger partial charge in [0.1, 0.15) is 11.5 Å². The van der Waals surface area contributed by atoms with Gasteiger partial charge in [-0.25, -0.2) is 0 Å². The molecule has 1 aliphatic heterocycles. The highest BCUT2D eigenvalue weighted by Gasteiger charge is 2.45. The third-order valence-corrected chi connectivity index (χ3v) is 4.51. The third-order valence-electron chi connectivity index (χ3n) is 4.51. The van der Waals surface area contributed by atoms with Crippen molar-refractivity contribution in [1.29, 1.82) is 0 Å². The highest BCUT2D eigenvalue weighted by Crippen LogP contribution is 2.42. The van der Waals surface area contributed by atoms with Crippen LogP contribution in [0.15, 0.2) is 36.4 Å². The number of para-hydroxylation sites is 2. The molecular formula is C20H27BO2. The molecule has 0 radical (unpaired) electrons. The summed E-state index contributed by atoms with van der Waals surface area (Å²) in [5, 5.41) is 0. The standard InChI is InChI=1S/C20H27BO2/c1-6-10-16(3)13-15-20(5,14-7-2)17(4)21-22-18-11-8-9-12-19(18)23-21/h7-9,11-12,14,16-17H,6,10H2,1-5H3/b14-7-/t16?,17?,20-/m1/s1. The van der Waals surface area contributed by atoms with E-state index < -0.39 is 0 Å². The van der Waals surface area contributed by atoms with E-state index in [2.05, 4.69) is 51.7 Å². The number of hydrogen-bond donors (Lipinski definition) is 0. The van der Waals surface area contributed by atoms with E-state index >= 15 is 0 Å². The maximum absolute atomic E-state index is 5.99. The van der Waals surface area contributed by atoms with Crippen LogP contribution in [0, 0.1) is 23.2 Å². The zero-order chi connectivity index (χ0) is 16.9. The molecule has 0 spiro atoms. The van der Waals surface area contributed by atoms with Crippen molar-refractivity contribution < 1.29 is 9.31 Å². The predicted molar refractivity (Wildman–Crippen MR) is 97.6 cm³/mol. The Morgan fingerprint density at radius 3 is 2.35 bits per heavy atom. The second-order valence-electron chi connectivity index (χ2n) is 6.58. The van der Waals surface area contributed by atoms with Crippen LogP contribution in [0.5, 0.6) is 11.5 Å². The molecule has 0 N–H and O–H groups in total. The number of rotatable bonds is 5. The molecule has 2 unspecified atom stereocenters. The highest BCUT2D eigenvalue weighted by atomic mass is 16.6. The molecule has 2 rings (SSSR count). The molecule has 0 fully saturated rings. The number of fused-ring (bicyclic) bond motifs is 1. The smallest absolute Gasteiger partial charge is 0.523 e. The molecule has 1 heterocycles. The van der Waals surface area contributed by atoms with Gasteiger partial charge >= 0.3 is 7.12 Å². The van der Waals surface area contributed by atoms with Crippen LogP contribution < -0.4 is 9.31 Å². The van der Waals surface area contributed by atoms with Crippen molar-refractivity contribution >= 4 is 7.12 Å². The summed E-state index contributed by atoms with van der Waals surface area (Å²) in [6, 6.07) is 7.83. The summed E-state index contributed by atoms with van der Waals surface area (Å²) in [5.74, 6) is 9.08. The van der Waals surface area contributed by atoms with Crippen LogP contribution in [0.4, 0.5) is 0 Å². The van der Waals surface area contributed by atoms with Crippen molar-refractivity contribution in [1.82, 2.24) is 0 Å². The second kappa shape index (κ2) is 7.64. The SMILES string of the molecule is C/C=C\[C@](C)(C#CC(C)CCC)C(C)B1Oc2ccccc2O1. The fraction of sp³-hybridized carbons (Fsp3) is 0.500. The zero-order valence-corrected chi connectivity index (χ0v) is 14.9. The molecule has 0 saturated carbocycles. The maximum atomic E-state index is 5.99. The summed E-state index contributed by atoms with van der Waals surface area (Å²) < 4.78 is 12.0. The van der Waals surface area contributed by atoms with Crippen LogP contribution in [0.3, 0.4) is 0 Å². The first-order chi connectivity index (χ1) is 11.0. The molecular weight excluding hydrogens is 283 g/mol. The number of hydrogen-bond acceptors (Lipinski definition) is 2. The van der Waals surface area contributed by atoms with Crippen LogP contribution in [0.1, 0.15) is 47.5 Å². The van der Waals surface area contributed by atoms with Gasteiger partial charge < -0.3 is 9.31 Å². The quantitative estimate of drug-likeness (QED) is 0.414. The van der Waals surface area contributed by atoms with Gasteiger partial charge in [-0.1, -0.05) is 63.3 Å². The lowest BCUT2D eigenvalue weighted by molar-refractivity contribution is 0.417. The highest BCUT2D eigenvalue weighted by molar-refractivity contribution is 6.49. The molecule has 3 heteroatoms. The molecule has 23 heavy (non-hydrogen) atoms. The van der Waals surface area contributed by atoms with Crippen LogP contribution in [-0.4, -0.2) is 7.12 Å². The summed E-state index contributed by atoms with van der Waals surface area (Å²) in [6.07, 6.45) is 6.53. The van der Waals surface area contributed by atoms with E-state index in [-0.39, 0.29) is 18.4 Å². The summed E-state index contributed by atoms with van der Waals surface area (Å²) in [7, 11) is -0.301. The van der Waals surface area contributed by atoms with Gasteiger partial charge in [-0.3, -0.25) is 0 Å². The normalized spacial score (nSPS) is 18.2. The second-order valence-corrected chi connectivity index (χ2v) is 6.58. The lowest BCUT2D eigenvalue weighted by Gasteiger charge is -2.28. The minimum absolute atomic E-state index is 0.118. The molecule has 0 aliphatic carbocycles. The minimum Gasteiger partial charge on any atom is -0.523 e. The zero-order valence-electron chi connectivity index (χ0n) is 14.9. The van der Waals surface area contributed by atoms with Gasteiger partial charge in [0.05, 0.1) is 5.41 Å². The monoisotopic (exact) mass is 310 g/mol. The van der Waals surface area contributed by atoms with E-state index in [1.165, 1.54) is 0 Å². The van der Waals surface area contributed by atoms with Crippen molar-refractivity contribution in [2.24, 2.45) is 11.3 Å². The van der Waals surface area contributed by atoms with E-state index in [0.717, 1.165) is 24.3 Å². The fourth-order valence-electron chi connectivity index (χ4n) is 2.84. The van der Waals surface area contributed by atoms with Crippen molar-refractivity contribution in [3.8, 4) is 23.3 Å². The van der Waals surface area contributed by atoms with Crippen LogP contribution >= 0.6 is 0 Å². The van der Waals surface area contributed by atoms with E-state index in [1.807, 2.05) is 31.2 Å². The van der Waals surface area contributed by atoms with Gasteiger partial charge in [0.25, 0.3) is 0 Å². The average molecular weight is 310 g/mol. The van der Waals surface area contributed by atoms with Crippen LogP contribution in [0.25, 0.3) is 0 Å². The van der Waals surface area contributed by atoms with Gasteiger partial charge in [-0.2, -0.15) is 0 Å². The van der Waals surface area contributed by atoms with Crippen molar-refractivity contribution in [2.75, 3.05) is 0 Å². The summed E-state index contributed by atoms with van der Waals surface area (Å²) in [4.78, 5) is 0. The number of benzene rings is 1. The lowest BCUT2D eigenvalue weighted by atomic mass is 9.59. The molecule has 2 nitrogen and oxygen atoms in total. The topological polar surface area (TPSA) is 18.5 Å². The first-order valence-electron chi connectivity index (χ1n) is 8.59. The molecule has 0 saturated heterocycles. The van der Waals surface area contributed by atoms with Crippen molar-refractivity contribution in [3.05, 3.63) is 36.4 Å². The Balaban J connectivity index is 2.17. The van der Waals surface area contributed by atoms with E-state index in [1.54, 1.807) is 0 Å². The Kier molecular flexibility index (Phi) is 5.83. The first kappa shape index (κ1) is 17.5. The Morgan fingerprint density at radius 1 is 1.22 bits per heavy atom. The first-order valence-corrected chi connectivity index (χ1v) is 8.59. The molecule has 1 aromatic carbocycles. The minimum atomic E-state index is -0.301. The van der Waals surface area contributed by atoms with Gasteiger partial charge in [0, 0.05) is 11.7 Å². The lowest BCUT2D eigenvalue weighted by Crippen LogP contribution is -2.37. The molecule has 0 bridgehead atoms. The van der Waals surface area contributed by atoms with Crippen LogP contribution in [0.2, 0.25) is 5.82 Å². The van der Waals surface area contributed by atoms with Crippen LogP contribution in [-0.2, 0) is 0 Å². The van der Waals surface area contributed by atoms with Gasteiger partial charge in [0.2, 0.25) is 0 Å².